The van der Waals surface area contributed by atoms with Crippen LogP contribution in [0, 0.1) is 11.3 Å². The molecule has 0 aromatic heterocycles. The predicted molar refractivity (Wildman–Crippen MR) is 112 cm³/mol. The van der Waals surface area contributed by atoms with Gasteiger partial charge in [0, 0.05) is 56.2 Å². The summed E-state index contributed by atoms with van der Waals surface area (Å²) in [5, 5.41) is 7.17. The summed E-state index contributed by atoms with van der Waals surface area (Å²) >= 11 is 0. The fraction of sp³-hybridized carbons (Fsp3) is 0.944. The van der Waals surface area contributed by atoms with Crippen molar-refractivity contribution < 1.29 is 9.47 Å². The van der Waals surface area contributed by atoms with Crippen LogP contribution in [0.3, 0.4) is 0 Å². The zero-order valence-corrected chi connectivity index (χ0v) is 18.6. The lowest BCUT2D eigenvalue weighted by atomic mass is 9.57. The minimum atomic E-state index is 0. The zero-order valence-electron chi connectivity index (χ0n) is 16.2. The number of hydrogen-bond acceptors (Lipinski definition) is 4. The Morgan fingerprint density at radius 3 is 2.80 bits per heavy atom. The summed E-state index contributed by atoms with van der Waals surface area (Å²) in [6.07, 6.45) is 1.56. The molecule has 0 aromatic rings. The van der Waals surface area contributed by atoms with Gasteiger partial charge >= 0.3 is 0 Å². The van der Waals surface area contributed by atoms with Crippen molar-refractivity contribution in [2.45, 2.75) is 58.3 Å². The van der Waals surface area contributed by atoms with E-state index in [-0.39, 0.29) is 29.4 Å². The van der Waals surface area contributed by atoms with Gasteiger partial charge in [-0.25, -0.2) is 0 Å². The van der Waals surface area contributed by atoms with Gasteiger partial charge in [-0.1, -0.05) is 13.8 Å². The van der Waals surface area contributed by atoms with Gasteiger partial charge < -0.3 is 20.1 Å². The smallest absolute Gasteiger partial charge is 0.191 e. The number of rotatable bonds is 4. The van der Waals surface area contributed by atoms with E-state index in [0.29, 0.717) is 30.1 Å². The van der Waals surface area contributed by atoms with E-state index in [1.165, 1.54) is 0 Å². The lowest BCUT2D eigenvalue weighted by Crippen LogP contribution is -2.68. The molecule has 2 saturated heterocycles. The monoisotopic (exact) mass is 466 g/mol. The molecule has 3 fully saturated rings. The van der Waals surface area contributed by atoms with Gasteiger partial charge in [0.05, 0.1) is 19.3 Å². The van der Waals surface area contributed by atoms with Crippen LogP contribution in [0.2, 0.25) is 0 Å². The van der Waals surface area contributed by atoms with Crippen LogP contribution in [0.1, 0.15) is 34.1 Å². The molecule has 0 bridgehead atoms. The van der Waals surface area contributed by atoms with Crippen molar-refractivity contribution in [3.05, 3.63) is 0 Å². The van der Waals surface area contributed by atoms with Crippen molar-refractivity contribution in [2.24, 2.45) is 16.3 Å². The fourth-order valence-corrected chi connectivity index (χ4v) is 4.72. The molecule has 3 rings (SSSR count). The molecule has 5 unspecified atom stereocenters. The Bertz CT molecular complexity index is 474. The molecule has 2 N–H and O–H groups in total. The number of hydrogen-bond donors (Lipinski definition) is 2. The lowest BCUT2D eigenvalue weighted by Gasteiger charge is -2.55. The van der Waals surface area contributed by atoms with E-state index in [2.05, 4.69) is 48.2 Å². The summed E-state index contributed by atoms with van der Waals surface area (Å²) in [5.74, 6) is 1.53. The van der Waals surface area contributed by atoms with Crippen molar-refractivity contribution in [1.82, 2.24) is 15.5 Å². The van der Waals surface area contributed by atoms with Crippen molar-refractivity contribution in [3.63, 3.8) is 0 Å². The maximum Gasteiger partial charge on any atom is 0.191 e. The third kappa shape index (κ3) is 4.25. The van der Waals surface area contributed by atoms with Crippen molar-refractivity contribution in [3.8, 4) is 0 Å². The van der Waals surface area contributed by atoms with Crippen LogP contribution in [0.25, 0.3) is 0 Å². The molecule has 5 atom stereocenters. The number of ether oxygens (including phenoxy) is 2. The Morgan fingerprint density at radius 1 is 1.36 bits per heavy atom. The first-order chi connectivity index (χ1) is 11.4. The Kier molecular flexibility index (Phi) is 7.38. The van der Waals surface area contributed by atoms with Gasteiger partial charge in [0.25, 0.3) is 0 Å². The number of fused-ring (bicyclic) bond motifs is 1. The SMILES string of the molecule is CN=C(NCC(C)N1CCOCC1C)NC1C2CCOC2C1(C)C.I. The van der Waals surface area contributed by atoms with E-state index in [9.17, 15) is 0 Å². The second-order valence-corrected chi connectivity index (χ2v) is 8.15. The van der Waals surface area contributed by atoms with E-state index >= 15 is 0 Å². The van der Waals surface area contributed by atoms with Gasteiger partial charge in [0.15, 0.2) is 5.96 Å². The van der Waals surface area contributed by atoms with Crippen molar-refractivity contribution in [1.29, 1.82) is 0 Å². The van der Waals surface area contributed by atoms with E-state index in [1.807, 2.05) is 7.05 Å². The summed E-state index contributed by atoms with van der Waals surface area (Å²) in [4.78, 5) is 6.95. The fourth-order valence-electron chi connectivity index (χ4n) is 4.72. The molecule has 2 aliphatic heterocycles. The summed E-state index contributed by atoms with van der Waals surface area (Å²) < 4.78 is 11.4. The molecule has 146 valence electrons. The molecular formula is C18H35IN4O2. The Labute approximate surface area is 169 Å². The highest BCUT2D eigenvalue weighted by atomic mass is 127. The molecule has 0 aromatic carbocycles. The van der Waals surface area contributed by atoms with Crippen LogP contribution in [-0.4, -0.2) is 75.0 Å². The Hall–Kier alpha value is -0.120. The minimum absolute atomic E-state index is 0. The lowest BCUT2D eigenvalue weighted by molar-refractivity contribution is -0.106. The highest BCUT2D eigenvalue weighted by Crippen LogP contribution is 2.52. The average molecular weight is 466 g/mol. The summed E-state index contributed by atoms with van der Waals surface area (Å²) in [6, 6.07) is 1.38. The largest absolute Gasteiger partial charge is 0.379 e. The molecule has 2 heterocycles. The van der Waals surface area contributed by atoms with Crippen LogP contribution >= 0.6 is 24.0 Å². The van der Waals surface area contributed by atoms with E-state index in [1.54, 1.807) is 0 Å². The Morgan fingerprint density at radius 2 is 2.12 bits per heavy atom. The Balaban J connectivity index is 0.00000225. The zero-order chi connectivity index (χ0) is 17.3. The van der Waals surface area contributed by atoms with Crippen LogP contribution in [-0.2, 0) is 9.47 Å². The van der Waals surface area contributed by atoms with Crippen molar-refractivity contribution in [2.75, 3.05) is 40.0 Å². The maximum absolute atomic E-state index is 5.88. The quantitative estimate of drug-likeness (QED) is 0.375. The molecule has 7 heteroatoms. The number of morpholine rings is 1. The molecule has 0 amide bonds. The van der Waals surface area contributed by atoms with Gasteiger partial charge in [-0.2, -0.15) is 0 Å². The normalized spacial score (nSPS) is 36.0. The number of nitrogens with one attached hydrogen (secondary N) is 2. The van der Waals surface area contributed by atoms with Gasteiger partial charge in [0.1, 0.15) is 0 Å². The molecular weight excluding hydrogens is 431 g/mol. The van der Waals surface area contributed by atoms with Crippen LogP contribution < -0.4 is 10.6 Å². The van der Waals surface area contributed by atoms with Crippen LogP contribution in [0.5, 0.6) is 0 Å². The molecule has 0 radical (unpaired) electrons. The highest BCUT2D eigenvalue weighted by molar-refractivity contribution is 14.0. The van der Waals surface area contributed by atoms with E-state index in [0.717, 1.165) is 45.3 Å². The van der Waals surface area contributed by atoms with Gasteiger partial charge in [-0.15, -0.1) is 24.0 Å². The van der Waals surface area contributed by atoms with Crippen LogP contribution in [0.15, 0.2) is 4.99 Å². The minimum Gasteiger partial charge on any atom is -0.379 e. The first-order valence-electron chi connectivity index (χ1n) is 9.37. The molecule has 3 aliphatic rings. The third-order valence-corrected chi connectivity index (χ3v) is 6.17. The topological polar surface area (TPSA) is 58.1 Å². The predicted octanol–water partition coefficient (Wildman–Crippen LogP) is 1.69. The number of halogens is 1. The second-order valence-electron chi connectivity index (χ2n) is 8.15. The third-order valence-electron chi connectivity index (χ3n) is 6.17. The van der Waals surface area contributed by atoms with E-state index < -0.39 is 0 Å². The molecule has 6 nitrogen and oxygen atoms in total. The average Bonchev–Trinajstić information content (AvgIpc) is 3.02. The molecule has 1 saturated carbocycles. The first kappa shape index (κ1) is 21.2. The highest BCUT2D eigenvalue weighted by Gasteiger charge is 2.59. The molecule has 25 heavy (non-hydrogen) atoms. The van der Waals surface area contributed by atoms with Gasteiger partial charge in [-0.05, 0) is 20.3 Å². The second kappa shape index (κ2) is 8.71. The van der Waals surface area contributed by atoms with E-state index in [4.69, 9.17) is 9.47 Å². The number of guanidine groups is 1. The van der Waals surface area contributed by atoms with Gasteiger partial charge in [0.2, 0.25) is 0 Å². The number of nitrogens with zero attached hydrogens (tertiary/aromatic N) is 2. The summed E-state index contributed by atoms with van der Waals surface area (Å²) in [5.41, 5.74) is 0.170. The van der Waals surface area contributed by atoms with Crippen molar-refractivity contribution >= 4 is 29.9 Å². The van der Waals surface area contributed by atoms with Crippen LogP contribution in [0.4, 0.5) is 0 Å². The summed E-state index contributed by atoms with van der Waals surface area (Å²) in [6.45, 7) is 13.6. The molecule has 1 aliphatic carbocycles. The molecule has 0 spiro atoms. The standard InChI is InChI=1S/C18H34N4O2.HI/c1-12(22-7-9-23-11-13(22)2)10-20-17(19-5)21-15-14-6-8-24-16(14)18(15,3)4;/h12-16H,6-11H2,1-5H3,(H2,19,20,21);1H. The first-order valence-corrected chi connectivity index (χ1v) is 9.37. The number of aliphatic imine (C=N–C) groups is 1. The summed E-state index contributed by atoms with van der Waals surface area (Å²) in [7, 11) is 1.85. The van der Waals surface area contributed by atoms with Gasteiger partial charge in [-0.3, -0.25) is 9.89 Å². The maximum atomic E-state index is 5.88.